The molecule has 1 fully saturated rings. The van der Waals surface area contributed by atoms with Crippen molar-refractivity contribution < 1.29 is 4.79 Å². The first-order chi connectivity index (χ1) is 12.2. The monoisotopic (exact) mass is 371 g/mol. The fourth-order valence-corrected chi connectivity index (χ4v) is 5.02. The highest BCUT2D eigenvalue weighted by Crippen LogP contribution is 2.31. The summed E-state index contributed by atoms with van der Waals surface area (Å²) >= 11 is 3.43. The van der Waals surface area contributed by atoms with E-state index in [0.29, 0.717) is 0 Å². The molecule has 0 radical (unpaired) electrons. The van der Waals surface area contributed by atoms with E-state index in [-0.39, 0.29) is 17.9 Å². The van der Waals surface area contributed by atoms with Gasteiger partial charge in [-0.1, -0.05) is 29.5 Å². The number of rotatable bonds is 4. The Kier molecular flexibility index (Phi) is 4.72. The third kappa shape index (κ3) is 3.55. The van der Waals surface area contributed by atoms with Gasteiger partial charge in [0.05, 0.1) is 16.3 Å². The molecule has 2 aromatic heterocycles. The maximum atomic E-state index is 12.5. The minimum Gasteiger partial charge on any atom is -0.349 e. The van der Waals surface area contributed by atoms with Crippen LogP contribution in [0.5, 0.6) is 0 Å². The number of thiazole rings is 1. The summed E-state index contributed by atoms with van der Waals surface area (Å²) in [5.74, 6) is 0.290. The first kappa shape index (κ1) is 16.5. The largest absolute Gasteiger partial charge is 0.349 e. The van der Waals surface area contributed by atoms with Gasteiger partial charge in [0.1, 0.15) is 0 Å². The Balaban J connectivity index is 1.35. The molecular formula is C19H21N3OS2. The van der Waals surface area contributed by atoms with E-state index in [0.717, 1.165) is 36.6 Å². The number of piperidine rings is 1. The smallest absolute Gasteiger partial charge is 0.223 e. The highest BCUT2D eigenvalue weighted by Gasteiger charge is 2.27. The molecule has 1 aromatic carbocycles. The van der Waals surface area contributed by atoms with E-state index in [1.165, 1.54) is 9.58 Å². The average molecular weight is 372 g/mol. The lowest BCUT2D eigenvalue weighted by molar-refractivity contribution is -0.126. The Labute approximate surface area is 155 Å². The first-order valence-electron chi connectivity index (χ1n) is 8.65. The zero-order chi connectivity index (χ0) is 17.2. The number of hydrogen-bond donors (Lipinski definition) is 1. The molecule has 1 saturated heterocycles. The van der Waals surface area contributed by atoms with E-state index in [1.54, 1.807) is 22.7 Å². The molecule has 130 valence electrons. The number of hydrogen-bond acceptors (Lipinski definition) is 5. The van der Waals surface area contributed by atoms with Crippen molar-refractivity contribution in [2.45, 2.75) is 25.8 Å². The maximum absolute atomic E-state index is 12.5. The van der Waals surface area contributed by atoms with Gasteiger partial charge < -0.3 is 10.2 Å². The van der Waals surface area contributed by atoms with Crippen molar-refractivity contribution in [2.24, 2.45) is 5.92 Å². The zero-order valence-corrected chi connectivity index (χ0v) is 15.8. The lowest BCUT2D eigenvalue weighted by Gasteiger charge is -2.31. The topological polar surface area (TPSA) is 45.2 Å². The fraction of sp³-hybridized carbons (Fsp3) is 0.368. The van der Waals surface area contributed by atoms with E-state index in [2.05, 4.69) is 46.8 Å². The number of nitrogens with one attached hydrogen (secondary N) is 1. The maximum Gasteiger partial charge on any atom is 0.223 e. The molecule has 1 N–H and O–H groups in total. The van der Waals surface area contributed by atoms with Crippen LogP contribution in [0.2, 0.25) is 0 Å². The van der Waals surface area contributed by atoms with E-state index >= 15 is 0 Å². The Morgan fingerprint density at radius 2 is 2.04 bits per heavy atom. The lowest BCUT2D eigenvalue weighted by atomic mass is 9.96. The number of carbonyl (C=O) groups excluding carboxylic acids is 1. The van der Waals surface area contributed by atoms with E-state index in [4.69, 9.17) is 4.98 Å². The number of carbonyl (C=O) groups is 1. The van der Waals surface area contributed by atoms with Crippen LogP contribution in [0.15, 0.2) is 41.8 Å². The summed E-state index contributed by atoms with van der Waals surface area (Å²) in [6.07, 6.45) is 1.78. The van der Waals surface area contributed by atoms with Crippen molar-refractivity contribution in [1.82, 2.24) is 10.3 Å². The number of fused-ring (bicyclic) bond motifs is 1. The Hall–Kier alpha value is -1.92. The van der Waals surface area contributed by atoms with Crippen LogP contribution >= 0.6 is 22.7 Å². The zero-order valence-electron chi connectivity index (χ0n) is 14.1. The van der Waals surface area contributed by atoms with Gasteiger partial charge in [0, 0.05) is 23.9 Å². The standard InChI is InChI=1S/C19H21N3OS2/c1-13(16-7-4-12-24-16)20-18(23)14-8-10-22(11-9-14)19-21-15-5-2-3-6-17(15)25-19/h2-7,12-14H,8-11H2,1H3,(H,20,23). The Morgan fingerprint density at radius 3 is 2.76 bits per heavy atom. The highest BCUT2D eigenvalue weighted by atomic mass is 32.1. The highest BCUT2D eigenvalue weighted by molar-refractivity contribution is 7.22. The van der Waals surface area contributed by atoms with Gasteiger partial charge >= 0.3 is 0 Å². The summed E-state index contributed by atoms with van der Waals surface area (Å²) in [7, 11) is 0. The van der Waals surface area contributed by atoms with Crippen molar-refractivity contribution in [1.29, 1.82) is 0 Å². The summed E-state index contributed by atoms with van der Waals surface area (Å²) in [5, 5.41) is 6.29. The average Bonchev–Trinajstić information content (AvgIpc) is 3.31. The van der Waals surface area contributed by atoms with Gasteiger partial charge in [-0.15, -0.1) is 11.3 Å². The second kappa shape index (κ2) is 7.14. The predicted molar refractivity (Wildman–Crippen MR) is 105 cm³/mol. The van der Waals surface area contributed by atoms with Crippen LogP contribution in [0.3, 0.4) is 0 Å². The van der Waals surface area contributed by atoms with Gasteiger partial charge in [0.15, 0.2) is 5.13 Å². The van der Waals surface area contributed by atoms with Crippen molar-refractivity contribution >= 4 is 43.9 Å². The molecule has 6 heteroatoms. The van der Waals surface area contributed by atoms with Crippen LogP contribution in [0, 0.1) is 5.92 Å². The molecule has 1 amide bonds. The molecule has 0 spiro atoms. The van der Waals surface area contributed by atoms with Gasteiger partial charge in [-0.3, -0.25) is 4.79 Å². The fourth-order valence-electron chi connectivity index (χ4n) is 3.27. The van der Waals surface area contributed by atoms with Crippen LogP contribution in [-0.2, 0) is 4.79 Å². The predicted octanol–water partition coefficient (Wildman–Crippen LogP) is 4.45. The van der Waals surface area contributed by atoms with E-state index < -0.39 is 0 Å². The minimum absolute atomic E-state index is 0.0924. The van der Waals surface area contributed by atoms with Gasteiger partial charge in [0.2, 0.25) is 5.91 Å². The Bertz CT molecular complexity index is 818. The number of amides is 1. The summed E-state index contributed by atoms with van der Waals surface area (Å²) in [4.78, 5) is 20.8. The van der Waals surface area contributed by atoms with Crippen LogP contribution < -0.4 is 10.2 Å². The van der Waals surface area contributed by atoms with Gasteiger partial charge in [-0.25, -0.2) is 4.98 Å². The minimum atomic E-state index is 0.0924. The third-order valence-corrected chi connectivity index (χ3v) is 6.90. The van der Waals surface area contributed by atoms with Crippen molar-refractivity contribution in [3.63, 3.8) is 0 Å². The summed E-state index contributed by atoms with van der Waals surface area (Å²) in [5.41, 5.74) is 1.06. The molecule has 0 bridgehead atoms. The second-order valence-electron chi connectivity index (χ2n) is 6.47. The molecule has 4 rings (SSSR count). The molecule has 4 nitrogen and oxygen atoms in total. The summed E-state index contributed by atoms with van der Waals surface area (Å²) in [6.45, 7) is 3.84. The summed E-state index contributed by atoms with van der Waals surface area (Å²) < 4.78 is 1.22. The van der Waals surface area contributed by atoms with Gasteiger partial charge in [0.25, 0.3) is 0 Å². The number of thiophene rings is 1. The van der Waals surface area contributed by atoms with E-state index in [1.807, 2.05) is 12.1 Å². The first-order valence-corrected chi connectivity index (χ1v) is 10.3. The SMILES string of the molecule is CC(NC(=O)C1CCN(c2nc3ccccc3s2)CC1)c1cccs1. The van der Waals surface area contributed by atoms with Gasteiger partial charge in [-0.2, -0.15) is 0 Å². The number of aromatic nitrogens is 1. The molecule has 1 atom stereocenters. The molecule has 3 heterocycles. The third-order valence-electron chi connectivity index (χ3n) is 4.75. The molecule has 1 unspecified atom stereocenters. The van der Waals surface area contributed by atoms with Crippen LogP contribution in [0.25, 0.3) is 10.2 Å². The molecule has 3 aromatic rings. The molecule has 1 aliphatic heterocycles. The lowest BCUT2D eigenvalue weighted by Crippen LogP contribution is -2.41. The van der Waals surface area contributed by atoms with Crippen LogP contribution in [0.4, 0.5) is 5.13 Å². The normalized spacial score (nSPS) is 16.9. The molecule has 0 saturated carbocycles. The second-order valence-corrected chi connectivity index (χ2v) is 8.46. The Morgan fingerprint density at radius 1 is 1.24 bits per heavy atom. The molecule has 1 aliphatic rings. The molecule has 25 heavy (non-hydrogen) atoms. The number of benzene rings is 1. The molecular weight excluding hydrogens is 350 g/mol. The van der Waals surface area contributed by atoms with Crippen molar-refractivity contribution in [2.75, 3.05) is 18.0 Å². The van der Waals surface area contributed by atoms with Gasteiger partial charge in [-0.05, 0) is 43.3 Å². The van der Waals surface area contributed by atoms with Crippen molar-refractivity contribution in [3.8, 4) is 0 Å². The van der Waals surface area contributed by atoms with Crippen molar-refractivity contribution in [3.05, 3.63) is 46.7 Å². The molecule has 0 aliphatic carbocycles. The quantitative estimate of drug-likeness (QED) is 0.737. The number of para-hydroxylation sites is 1. The van der Waals surface area contributed by atoms with Crippen LogP contribution in [0.1, 0.15) is 30.7 Å². The van der Waals surface area contributed by atoms with Crippen LogP contribution in [-0.4, -0.2) is 24.0 Å². The van der Waals surface area contributed by atoms with E-state index in [9.17, 15) is 4.79 Å². The summed E-state index contributed by atoms with van der Waals surface area (Å²) in [6, 6.07) is 12.4. The number of anilines is 1. The number of nitrogens with zero attached hydrogens (tertiary/aromatic N) is 2.